The van der Waals surface area contributed by atoms with E-state index in [2.05, 4.69) is 61.7 Å². The van der Waals surface area contributed by atoms with Crippen LogP contribution in [0.3, 0.4) is 0 Å². The number of piperidine rings is 1. The van der Waals surface area contributed by atoms with Crippen molar-refractivity contribution in [3.63, 3.8) is 0 Å². The van der Waals surface area contributed by atoms with E-state index < -0.39 is 21.7 Å². The zero-order chi connectivity index (χ0) is 44.5. The Morgan fingerprint density at radius 1 is 0.968 bits per heavy atom. The minimum atomic E-state index is -3.84. The standard InChI is InChI=1S/C42H42BrClFN11O6S/c43-32-24-48-42(53-40(32)52-35-3-1-2-34(45)38(35)39(47)57)51-27-7-12-31(13-8-27)63(59,60)49-18-21-61-28-16-19-56(20-17-28)37-15-14-36(54-55-37)41(58)50-26-5-10-29(11-6-26)62-30-9-4-25(23-46)33(44)22-30/h1-4,7-9,12-15,22,24,26,28-29,49H,5-6,10-11,16-21H2,(H2,47,57)(H,50,58)(H2,48,51,52,53). The molecular formula is C42H42BrClFN11O6S. The monoisotopic (exact) mass is 961 g/mol. The van der Waals surface area contributed by atoms with Crippen LogP contribution in [-0.2, 0) is 14.8 Å². The van der Waals surface area contributed by atoms with E-state index in [1.54, 1.807) is 42.5 Å². The van der Waals surface area contributed by atoms with Crippen LogP contribution in [-0.4, -0.2) is 84.9 Å². The molecule has 0 bridgehead atoms. The Morgan fingerprint density at radius 3 is 2.41 bits per heavy atom. The van der Waals surface area contributed by atoms with E-state index in [9.17, 15) is 22.4 Å². The number of halogens is 3. The Labute approximate surface area is 376 Å². The number of benzene rings is 3. The van der Waals surface area contributed by atoms with Gasteiger partial charge in [0.25, 0.3) is 11.8 Å². The van der Waals surface area contributed by atoms with Crippen LogP contribution < -0.4 is 36.0 Å². The van der Waals surface area contributed by atoms with Crippen LogP contribution in [0.4, 0.5) is 33.3 Å². The Hall–Kier alpha value is -5.98. The lowest BCUT2D eigenvalue weighted by Gasteiger charge is -2.32. The molecule has 5 aromatic rings. The third kappa shape index (κ3) is 11.7. The van der Waals surface area contributed by atoms with E-state index >= 15 is 0 Å². The molecule has 63 heavy (non-hydrogen) atoms. The Morgan fingerprint density at radius 2 is 1.73 bits per heavy atom. The van der Waals surface area contributed by atoms with Crippen LogP contribution in [0.1, 0.15) is 64.9 Å². The summed E-state index contributed by atoms with van der Waals surface area (Å²) in [5, 5.41) is 26.9. The summed E-state index contributed by atoms with van der Waals surface area (Å²) >= 11 is 9.47. The largest absolute Gasteiger partial charge is 0.490 e. The molecule has 7 rings (SSSR count). The zero-order valence-electron chi connectivity index (χ0n) is 33.6. The summed E-state index contributed by atoms with van der Waals surface area (Å²) in [5.41, 5.74) is 6.30. The molecule has 1 aliphatic heterocycles. The number of aromatic nitrogens is 4. The smallest absolute Gasteiger partial charge is 0.272 e. The van der Waals surface area contributed by atoms with Gasteiger partial charge in [0.1, 0.15) is 23.5 Å². The Balaban J connectivity index is 0.802. The minimum absolute atomic E-state index is 0.00847. The highest BCUT2D eigenvalue weighted by Gasteiger charge is 2.26. The van der Waals surface area contributed by atoms with Gasteiger partial charge in [-0.3, -0.25) is 9.59 Å². The summed E-state index contributed by atoms with van der Waals surface area (Å²) in [6, 6.07) is 20.5. The lowest BCUT2D eigenvalue weighted by molar-refractivity contribution is 0.0407. The summed E-state index contributed by atoms with van der Waals surface area (Å²) in [6.45, 7) is 1.57. The van der Waals surface area contributed by atoms with Crippen LogP contribution in [0.5, 0.6) is 5.75 Å². The maximum atomic E-state index is 14.3. The van der Waals surface area contributed by atoms with E-state index in [0.29, 0.717) is 58.2 Å². The molecule has 1 saturated carbocycles. The molecule has 1 aliphatic carbocycles. The highest BCUT2D eigenvalue weighted by atomic mass is 79.9. The van der Waals surface area contributed by atoms with E-state index in [-0.39, 0.29) is 70.9 Å². The van der Waals surface area contributed by atoms with Gasteiger partial charge in [0.15, 0.2) is 11.5 Å². The van der Waals surface area contributed by atoms with Crippen LogP contribution in [0.15, 0.2) is 88.4 Å². The first-order chi connectivity index (χ1) is 30.3. The van der Waals surface area contributed by atoms with Crippen molar-refractivity contribution in [2.24, 2.45) is 5.73 Å². The molecular weight excluding hydrogens is 921 g/mol. The highest BCUT2D eigenvalue weighted by molar-refractivity contribution is 9.10. The molecule has 3 heterocycles. The van der Waals surface area contributed by atoms with Crippen molar-refractivity contribution in [2.75, 3.05) is 41.8 Å². The summed E-state index contributed by atoms with van der Waals surface area (Å²) in [5.74, 6) is -0.352. The SMILES string of the molecule is N#Cc1ccc(OC2CCC(NC(=O)c3ccc(N4CCC(OCCNS(=O)(=O)c5ccc(Nc6ncc(Br)c(Nc7cccc(F)c7C(N)=O)n6)cc5)CC4)nn3)CC2)cc1Cl. The fraction of sp³-hybridized carbons (Fsp3) is 0.310. The number of hydrogen-bond donors (Lipinski definition) is 5. The molecule has 2 fully saturated rings. The van der Waals surface area contributed by atoms with Gasteiger partial charge in [-0.25, -0.2) is 22.5 Å². The number of ether oxygens (including phenoxy) is 2. The number of nitrogens with two attached hydrogens (primary N) is 1. The molecule has 2 amide bonds. The van der Waals surface area contributed by atoms with Crippen molar-refractivity contribution >= 4 is 78.3 Å². The molecule has 0 spiro atoms. The van der Waals surface area contributed by atoms with Crippen molar-refractivity contribution in [1.29, 1.82) is 5.26 Å². The maximum Gasteiger partial charge on any atom is 0.272 e. The van der Waals surface area contributed by atoms with Gasteiger partial charge in [0.05, 0.1) is 50.0 Å². The quantitative estimate of drug-likeness (QED) is 0.0677. The Bertz CT molecular complexity index is 2590. The zero-order valence-corrected chi connectivity index (χ0v) is 36.7. The van der Waals surface area contributed by atoms with Crippen LogP contribution in [0, 0.1) is 17.1 Å². The number of amides is 2. The van der Waals surface area contributed by atoms with Crippen LogP contribution >= 0.6 is 27.5 Å². The first-order valence-corrected chi connectivity index (χ1v) is 22.6. The number of nitrogens with one attached hydrogen (secondary N) is 4. The summed E-state index contributed by atoms with van der Waals surface area (Å²) in [7, 11) is -3.84. The highest BCUT2D eigenvalue weighted by Crippen LogP contribution is 2.30. The first kappa shape index (κ1) is 45.1. The number of hydrogen-bond acceptors (Lipinski definition) is 14. The number of rotatable bonds is 16. The fourth-order valence-electron chi connectivity index (χ4n) is 7.16. The second-order valence-corrected chi connectivity index (χ2v) is 17.8. The number of sulfonamides is 1. The van der Waals surface area contributed by atoms with Crippen molar-refractivity contribution in [1.82, 2.24) is 30.2 Å². The third-order valence-corrected chi connectivity index (χ3v) is 12.8. The van der Waals surface area contributed by atoms with Gasteiger partial charge in [-0.2, -0.15) is 10.2 Å². The summed E-state index contributed by atoms with van der Waals surface area (Å²) in [6.07, 6.45) is 5.81. The predicted octanol–water partition coefficient (Wildman–Crippen LogP) is 6.36. The molecule has 2 aliphatic rings. The van der Waals surface area contributed by atoms with E-state index in [0.717, 1.165) is 31.7 Å². The molecule has 0 atom stereocenters. The first-order valence-electron chi connectivity index (χ1n) is 20.0. The maximum absolute atomic E-state index is 14.3. The van der Waals surface area contributed by atoms with Gasteiger partial charge < -0.3 is 36.1 Å². The lowest BCUT2D eigenvalue weighted by atomic mass is 9.93. The van der Waals surface area contributed by atoms with Crippen molar-refractivity contribution in [3.8, 4) is 11.8 Å². The lowest BCUT2D eigenvalue weighted by Crippen LogP contribution is -2.40. The molecule has 3 aromatic carbocycles. The van der Waals surface area contributed by atoms with Gasteiger partial charge in [0.2, 0.25) is 16.0 Å². The molecule has 0 unspecified atom stereocenters. The second-order valence-electron chi connectivity index (χ2n) is 14.7. The van der Waals surface area contributed by atoms with E-state index in [1.807, 2.05) is 6.07 Å². The number of nitriles is 1. The number of anilines is 5. The van der Waals surface area contributed by atoms with Gasteiger partial charge in [-0.05, 0) is 115 Å². The van der Waals surface area contributed by atoms with Gasteiger partial charge in [0, 0.05) is 43.6 Å². The molecule has 2 aromatic heterocycles. The fourth-order valence-corrected chi connectivity index (χ4v) is 8.67. The molecule has 328 valence electrons. The number of carbonyl (C=O) groups is 2. The van der Waals surface area contributed by atoms with Gasteiger partial charge in [-0.15, -0.1) is 10.2 Å². The molecule has 21 heteroatoms. The van der Waals surface area contributed by atoms with Crippen LogP contribution in [0.25, 0.3) is 0 Å². The van der Waals surface area contributed by atoms with E-state index in [1.165, 1.54) is 30.5 Å². The topological polar surface area (TPSA) is 239 Å². The average molecular weight is 963 g/mol. The number of nitrogens with zero attached hydrogens (tertiary/aromatic N) is 6. The molecule has 17 nitrogen and oxygen atoms in total. The number of carbonyl (C=O) groups excluding carboxylic acids is 2. The van der Waals surface area contributed by atoms with Crippen molar-refractivity contribution in [3.05, 3.63) is 111 Å². The second kappa shape index (κ2) is 20.5. The molecule has 0 radical (unpaired) electrons. The van der Waals surface area contributed by atoms with Gasteiger partial charge >= 0.3 is 0 Å². The van der Waals surface area contributed by atoms with Crippen molar-refractivity contribution < 1.29 is 31.9 Å². The normalized spacial score (nSPS) is 16.8. The number of primary amides is 1. The van der Waals surface area contributed by atoms with Crippen LogP contribution in [0.2, 0.25) is 5.02 Å². The summed E-state index contributed by atoms with van der Waals surface area (Å²) < 4.78 is 55.4. The Kier molecular flexibility index (Phi) is 14.6. The van der Waals surface area contributed by atoms with E-state index in [4.69, 9.17) is 32.1 Å². The van der Waals surface area contributed by atoms with Crippen molar-refractivity contribution in [2.45, 2.75) is 61.7 Å². The molecule has 1 saturated heterocycles. The molecule has 6 N–H and O–H groups in total. The minimum Gasteiger partial charge on any atom is -0.490 e. The predicted molar refractivity (Wildman–Crippen MR) is 236 cm³/mol. The summed E-state index contributed by atoms with van der Waals surface area (Å²) in [4.78, 5) is 35.5. The average Bonchev–Trinajstić information content (AvgIpc) is 3.27. The third-order valence-electron chi connectivity index (χ3n) is 10.4. The van der Waals surface area contributed by atoms with Gasteiger partial charge in [-0.1, -0.05) is 17.7 Å².